The molecule has 1 aliphatic rings. The van der Waals surface area contributed by atoms with Gasteiger partial charge in [0, 0.05) is 27.4 Å². The van der Waals surface area contributed by atoms with Crippen LogP contribution in [0, 0.1) is 0 Å². The van der Waals surface area contributed by atoms with Crippen molar-refractivity contribution in [2.75, 3.05) is 12.4 Å². The summed E-state index contributed by atoms with van der Waals surface area (Å²) >= 11 is 12.5. The molecule has 1 heterocycles. The van der Waals surface area contributed by atoms with E-state index < -0.39 is 10.0 Å². The highest BCUT2D eigenvalue weighted by Gasteiger charge is 2.34. The van der Waals surface area contributed by atoms with Gasteiger partial charge in [0.2, 0.25) is 10.0 Å². The number of sulfonamides is 1. The second-order valence-electron chi connectivity index (χ2n) is 4.82. The van der Waals surface area contributed by atoms with E-state index in [-0.39, 0.29) is 6.04 Å². The first-order valence-corrected chi connectivity index (χ1v) is 10.1. The largest absolute Gasteiger partial charge is 0.244 e. The van der Waals surface area contributed by atoms with Gasteiger partial charge in [-0.3, -0.25) is 0 Å². The van der Waals surface area contributed by atoms with Gasteiger partial charge in [0.25, 0.3) is 0 Å². The van der Waals surface area contributed by atoms with Crippen molar-refractivity contribution in [1.29, 1.82) is 0 Å². The maximum absolute atomic E-state index is 12.9. The summed E-state index contributed by atoms with van der Waals surface area (Å²) in [7, 11) is -3.49. The standard InChI is InChI=1S/C13H16Br2ClNO2S/c14-10-4-5-12(15)13(9-10)20(18,19)17-8-2-1-3-11(17)6-7-16/h4-5,9,11H,1-3,6-8H2. The third-order valence-corrected chi connectivity index (χ3v) is 7.15. The molecule has 0 bridgehead atoms. The van der Waals surface area contributed by atoms with E-state index in [1.807, 2.05) is 6.07 Å². The normalized spacial score (nSPS) is 21.1. The molecule has 0 amide bonds. The summed E-state index contributed by atoms with van der Waals surface area (Å²) in [5.41, 5.74) is 0. The van der Waals surface area contributed by atoms with Crippen molar-refractivity contribution >= 4 is 53.5 Å². The number of nitrogens with zero attached hydrogens (tertiary/aromatic N) is 1. The van der Waals surface area contributed by atoms with Crippen LogP contribution >= 0.6 is 43.5 Å². The Labute approximate surface area is 142 Å². The zero-order chi connectivity index (χ0) is 14.8. The quantitative estimate of drug-likeness (QED) is 0.645. The zero-order valence-electron chi connectivity index (χ0n) is 10.9. The molecule has 3 nitrogen and oxygen atoms in total. The lowest BCUT2D eigenvalue weighted by molar-refractivity contribution is 0.247. The van der Waals surface area contributed by atoms with Gasteiger partial charge in [-0.1, -0.05) is 22.4 Å². The SMILES string of the molecule is O=S(=O)(c1cc(Br)ccc1Br)N1CCCCC1CCCl. The molecule has 0 radical (unpaired) electrons. The lowest BCUT2D eigenvalue weighted by Crippen LogP contribution is -2.43. The smallest absolute Gasteiger partial charge is 0.207 e. The minimum Gasteiger partial charge on any atom is -0.207 e. The summed E-state index contributed by atoms with van der Waals surface area (Å²) in [6.45, 7) is 0.572. The van der Waals surface area contributed by atoms with Gasteiger partial charge >= 0.3 is 0 Å². The van der Waals surface area contributed by atoms with Gasteiger partial charge in [-0.25, -0.2) is 8.42 Å². The Morgan fingerprint density at radius 1 is 1.30 bits per heavy atom. The van der Waals surface area contributed by atoms with Crippen molar-refractivity contribution < 1.29 is 8.42 Å². The van der Waals surface area contributed by atoms with Crippen molar-refractivity contribution in [1.82, 2.24) is 4.31 Å². The van der Waals surface area contributed by atoms with Gasteiger partial charge in [-0.2, -0.15) is 4.31 Å². The third kappa shape index (κ3) is 3.58. The monoisotopic (exact) mass is 443 g/mol. The first kappa shape index (κ1) is 16.7. The predicted octanol–water partition coefficient (Wildman–Crippen LogP) is 4.38. The summed E-state index contributed by atoms with van der Waals surface area (Å²) in [5, 5.41) is 0. The Morgan fingerprint density at radius 2 is 2.05 bits per heavy atom. The van der Waals surface area contributed by atoms with Crippen LogP contribution in [0.15, 0.2) is 32.0 Å². The average Bonchev–Trinajstić information content (AvgIpc) is 2.42. The zero-order valence-corrected chi connectivity index (χ0v) is 15.6. The second-order valence-corrected chi connectivity index (χ2v) is 8.82. The maximum Gasteiger partial charge on any atom is 0.244 e. The van der Waals surface area contributed by atoms with E-state index in [9.17, 15) is 8.42 Å². The molecule has 0 spiro atoms. The number of halogens is 3. The van der Waals surface area contributed by atoms with Crippen molar-refractivity contribution in [3.05, 3.63) is 27.1 Å². The van der Waals surface area contributed by atoms with E-state index in [0.29, 0.717) is 28.2 Å². The molecule has 1 aliphatic heterocycles. The molecule has 112 valence electrons. The molecule has 1 aromatic rings. The van der Waals surface area contributed by atoms with Crippen molar-refractivity contribution in [3.63, 3.8) is 0 Å². The summed E-state index contributed by atoms with van der Waals surface area (Å²) < 4.78 is 28.7. The summed E-state index contributed by atoms with van der Waals surface area (Å²) in [6.07, 6.45) is 3.56. The number of hydrogen-bond acceptors (Lipinski definition) is 2. The first-order valence-electron chi connectivity index (χ1n) is 6.49. The van der Waals surface area contributed by atoms with Gasteiger partial charge < -0.3 is 0 Å². The molecule has 0 aliphatic carbocycles. The summed E-state index contributed by atoms with van der Waals surface area (Å²) in [6, 6.07) is 5.22. The molecule has 2 rings (SSSR count). The van der Waals surface area contributed by atoms with Crippen LogP contribution in [-0.4, -0.2) is 31.2 Å². The summed E-state index contributed by atoms with van der Waals surface area (Å²) in [4.78, 5) is 0.313. The maximum atomic E-state index is 12.9. The lowest BCUT2D eigenvalue weighted by Gasteiger charge is -2.34. The highest BCUT2D eigenvalue weighted by atomic mass is 79.9. The molecule has 1 atom stereocenters. The van der Waals surface area contributed by atoms with E-state index >= 15 is 0 Å². The minimum atomic E-state index is -3.49. The third-order valence-electron chi connectivity index (χ3n) is 3.50. The van der Waals surface area contributed by atoms with Crippen LogP contribution in [0.4, 0.5) is 0 Å². The molecule has 1 unspecified atom stereocenters. The van der Waals surface area contributed by atoms with Crippen LogP contribution in [-0.2, 0) is 10.0 Å². The number of rotatable bonds is 4. The van der Waals surface area contributed by atoms with Crippen molar-refractivity contribution in [2.24, 2.45) is 0 Å². The molecule has 1 fully saturated rings. The predicted molar refractivity (Wildman–Crippen MR) is 88.7 cm³/mol. The van der Waals surface area contributed by atoms with Crippen LogP contribution in [0.25, 0.3) is 0 Å². The molecule has 0 N–H and O–H groups in total. The highest BCUT2D eigenvalue weighted by molar-refractivity contribution is 9.11. The van der Waals surface area contributed by atoms with Crippen LogP contribution in [0.3, 0.4) is 0 Å². The van der Waals surface area contributed by atoms with Gasteiger partial charge in [0.1, 0.15) is 0 Å². The van der Waals surface area contributed by atoms with E-state index in [1.54, 1.807) is 16.4 Å². The molecule has 7 heteroatoms. The Kier molecular flexibility index (Phi) is 5.94. The number of piperidine rings is 1. The molecule has 20 heavy (non-hydrogen) atoms. The molecular formula is C13H16Br2ClNO2S. The molecule has 0 saturated carbocycles. The van der Waals surface area contributed by atoms with Crippen LogP contribution in [0.5, 0.6) is 0 Å². The van der Waals surface area contributed by atoms with Crippen molar-refractivity contribution in [3.8, 4) is 0 Å². The van der Waals surface area contributed by atoms with E-state index in [2.05, 4.69) is 31.9 Å². The van der Waals surface area contributed by atoms with E-state index in [1.165, 1.54) is 0 Å². The number of hydrogen-bond donors (Lipinski definition) is 0. The Balaban J connectivity index is 2.39. The van der Waals surface area contributed by atoms with Gasteiger partial charge in [0.15, 0.2) is 0 Å². The van der Waals surface area contributed by atoms with Gasteiger partial charge in [0.05, 0.1) is 4.90 Å². The van der Waals surface area contributed by atoms with Gasteiger partial charge in [-0.15, -0.1) is 11.6 Å². The second kappa shape index (κ2) is 7.09. The van der Waals surface area contributed by atoms with E-state index in [0.717, 1.165) is 23.7 Å². The van der Waals surface area contributed by atoms with Crippen LogP contribution in [0.1, 0.15) is 25.7 Å². The molecular weight excluding hydrogens is 429 g/mol. The summed E-state index contributed by atoms with van der Waals surface area (Å²) in [5.74, 6) is 0.482. The minimum absolute atomic E-state index is 0.0112. The fourth-order valence-electron chi connectivity index (χ4n) is 2.51. The Hall–Kier alpha value is 0.380. The first-order chi connectivity index (χ1) is 9.46. The molecule has 1 saturated heterocycles. The fourth-order valence-corrected chi connectivity index (χ4v) is 5.95. The number of benzene rings is 1. The van der Waals surface area contributed by atoms with Gasteiger partial charge in [-0.05, 0) is 53.4 Å². The van der Waals surface area contributed by atoms with Crippen LogP contribution < -0.4 is 0 Å². The highest BCUT2D eigenvalue weighted by Crippen LogP contribution is 2.32. The van der Waals surface area contributed by atoms with E-state index in [4.69, 9.17) is 11.6 Å². The fraction of sp³-hybridized carbons (Fsp3) is 0.538. The lowest BCUT2D eigenvalue weighted by atomic mass is 10.0. The Bertz CT molecular complexity index is 578. The molecule has 1 aromatic carbocycles. The number of alkyl halides is 1. The average molecular weight is 446 g/mol. The molecule has 0 aromatic heterocycles. The van der Waals surface area contributed by atoms with Crippen LogP contribution in [0.2, 0.25) is 0 Å². The Morgan fingerprint density at radius 3 is 2.75 bits per heavy atom. The topological polar surface area (TPSA) is 37.4 Å². The van der Waals surface area contributed by atoms with Crippen molar-refractivity contribution in [2.45, 2.75) is 36.6 Å².